The van der Waals surface area contributed by atoms with Gasteiger partial charge in [0.05, 0.1) is 11.2 Å². The first kappa shape index (κ1) is 19.7. The largest absolute Gasteiger partial charge is 0.369 e. The Kier molecular flexibility index (Phi) is 5.50. The molecular weight excluding hydrogens is 381 g/mol. The Morgan fingerprint density at radius 3 is 2.59 bits per heavy atom. The summed E-state index contributed by atoms with van der Waals surface area (Å²) in [5.74, 6) is 0.117. The SMILES string of the molecule is C[C@@H]1CC(C)(C)N(C)c2cc(Cl)c(/C=N\NC(=O)c3ccc(Cl)cc3)cc21. The molecule has 1 amide bonds. The fourth-order valence-corrected chi connectivity index (χ4v) is 3.86. The molecule has 1 atom stereocenters. The number of hydrazone groups is 1. The van der Waals surface area contributed by atoms with Crippen LogP contribution >= 0.6 is 23.2 Å². The Labute approximate surface area is 170 Å². The lowest BCUT2D eigenvalue weighted by Gasteiger charge is -2.45. The van der Waals surface area contributed by atoms with E-state index in [1.807, 2.05) is 6.07 Å². The van der Waals surface area contributed by atoms with Gasteiger partial charge in [-0.25, -0.2) is 5.43 Å². The Bertz CT molecular complexity index is 891. The molecule has 6 heteroatoms. The van der Waals surface area contributed by atoms with E-state index in [0.29, 0.717) is 21.5 Å². The van der Waals surface area contributed by atoms with Gasteiger partial charge in [-0.3, -0.25) is 4.79 Å². The molecule has 0 radical (unpaired) electrons. The van der Waals surface area contributed by atoms with E-state index in [1.165, 1.54) is 5.56 Å². The molecular formula is C21H23Cl2N3O. The number of nitrogens with one attached hydrogen (secondary N) is 1. The zero-order valence-electron chi connectivity index (χ0n) is 15.9. The molecule has 1 N–H and O–H groups in total. The lowest BCUT2D eigenvalue weighted by atomic mass is 9.80. The number of halogens is 2. The van der Waals surface area contributed by atoms with Crippen LogP contribution in [0, 0.1) is 0 Å². The topological polar surface area (TPSA) is 44.7 Å². The van der Waals surface area contributed by atoms with E-state index in [4.69, 9.17) is 23.2 Å². The molecule has 0 fully saturated rings. The van der Waals surface area contributed by atoms with Crippen LogP contribution in [0.15, 0.2) is 41.5 Å². The van der Waals surface area contributed by atoms with Crippen LogP contribution in [-0.4, -0.2) is 24.7 Å². The van der Waals surface area contributed by atoms with Crippen LogP contribution in [-0.2, 0) is 0 Å². The fraction of sp³-hybridized carbons (Fsp3) is 0.333. The number of fused-ring (bicyclic) bond motifs is 1. The number of anilines is 1. The average Bonchev–Trinajstić information content (AvgIpc) is 2.61. The zero-order chi connectivity index (χ0) is 19.8. The highest BCUT2D eigenvalue weighted by atomic mass is 35.5. The van der Waals surface area contributed by atoms with Gasteiger partial charge in [0, 0.05) is 34.4 Å². The van der Waals surface area contributed by atoms with Gasteiger partial charge in [0.25, 0.3) is 5.91 Å². The van der Waals surface area contributed by atoms with Crippen LogP contribution in [0.5, 0.6) is 0 Å². The van der Waals surface area contributed by atoms with Crippen LogP contribution in [0.1, 0.15) is 54.6 Å². The monoisotopic (exact) mass is 403 g/mol. The van der Waals surface area contributed by atoms with Gasteiger partial charge in [-0.05, 0) is 68.1 Å². The first-order valence-corrected chi connectivity index (χ1v) is 9.61. The van der Waals surface area contributed by atoms with Gasteiger partial charge in [-0.15, -0.1) is 0 Å². The van der Waals surface area contributed by atoms with Crippen LogP contribution in [0.2, 0.25) is 10.0 Å². The fourth-order valence-electron chi connectivity index (χ4n) is 3.53. The van der Waals surface area contributed by atoms with E-state index in [9.17, 15) is 4.79 Å². The summed E-state index contributed by atoms with van der Waals surface area (Å²) in [4.78, 5) is 14.4. The molecule has 0 saturated carbocycles. The summed E-state index contributed by atoms with van der Waals surface area (Å²) in [7, 11) is 2.10. The van der Waals surface area contributed by atoms with E-state index >= 15 is 0 Å². The van der Waals surface area contributed by atoms with Crippen molar-refractivity contribution in [2.75, 3.05) is 11.9 Å². The number of benzene rings is 2. The normalized spacial score (nSPS) is 18.4. The molecule has 1 aliphatic rings. The highest BCUT2D eigenvalue weighted by Crippen LogP contribution is 2.44. The van der Waals surface area contributed by atoms with Crippen molar-refractivity contribution >= 4 is 41.0 Å². The molecule has 3 rings (SSSR count). The number of carbonyl (C=O) groups excluding carboxylic acids is 1. The van der Waals surface area contributed by atoms with E-state index in [2.05, 4.69) is 49.3 Å². The maximum atomic E-state index is 12.1. The molecule has 0 unspecified atom stereocenters. The predicted octanol–water partition coefficient (Wildman–Crippen LogP) is 5.48. The molecule has 27 heavy (non-hydrogen) atoms. The minimum Gasteiger partial charge on any atom is -0.369 e. The van der Waals surface area contributed by atoms with Gasteiger partial charge in [0.1, 0.15) is 0 Å². The Hall–Kier alpha value is -2.04. The van der Waals surface area contributed by atoms with Crippen molar-refractivity contribution in [2.24, 2.45) is 5.10 Å². The third-order valence-corrected chi connectivity index (χ3v) is 5.81. The first-order chi connectivity index (χ1) is 12.7. The van der Waals surface area contributed by atoms with Crippen molar-refractivity contribution in [3.63, 3.8) is 0 Å². The van der Waals surface area contributed by atoms with Gasteiger partial charge in [-0.2, -0.15) is 5.10 Å². The molecule has 0 spiro atoms. The smallest absolute Gasteiger partial charge is 0.271 e. The van der Waals surface area contributed by atoms with E-state index in [1.54, 1.807) is 30.5 Å². The molecule has 142 valence electrons. The van der Waals surface area contributed by atoms with Crippen LogP contribution < -0.4 is 10.3 Å². The molecule has 0 saturated heterocycles. The van der Waals surface area contributed by atoms with Crippen molar-refractivity contribution in [1.82, 2.24) is 5.43 Å². The summed E-state index contributed by atoms with van der Waals surface area (Å²) >= 11 is 12.3. The third kappa shape index (κ3) is 4.12. The van der Waals surface area contributed by atoms with Gasteiger partial charge < -0.3 is 4.90 Å². The van der Waals surface area contributed by atoms with Crippen LogP contribution in [0.3, 0.4) is 0 Å². The molecule has 4 nitrogen and oxygen atoms in total. The van der Waals surface area contributed by atoms with Gasteiger partial charge in [0.15, 0.2) is 0 Å². The Morgan fingerprint density at radius 2 is 1.93 bits per heavy atom. The maximum Gasteiger partial charge on any atom is 0.271 e. The van der Waals surface area contributed by atoms with Gasteiger partial charge in [-0.1, -0.05) is 30.1 Å². The summed E-state index contributed by atoms with van der Waals surface area (Å²) in [6, 6.07) is 10.7. The molecule has 0 aliphatic carbocycles. The molecule has 0 bridgehead atoms. The minimum absolute atomic E-state index is 0.0813. The molecule has 2 aromatic carbocycles. The second-order valence-electron chi connectivity index (χ2n) is 7.62. The number of rotatable bonds is 3. The number of hydrogen-bond acceptors (Lipinski definition) is 3. The lowest BCUT2D eigenvalue weighted by molar-refractivity contribution is 0.0955. The molecule has 1 heterocycles. The van der Waals surface area contributed by atoms with Gasteiger partial charge in [0.2, 0.25) is 0 Å². The number of hydrogen-bond donors (Lipinski definition) is 1. The quantitative estimate of drug-likeness (QED) is 0.544. The summed E-state index contributed by atoms with van der Waals surface area (Å²) in [6.45, 7) is 6.70. The van der Waals surface area contributed by atoms with Crippen molar-refractivity contribution < 1.29 is 4.79 Å². The first-order valence-electron chi connectivity index (χ1n) is 8.85. The molecule has 2 aromatic rings. The van der Waals surface area contributed by atoms with Crippen molar-refractivity contribution in [3.05, 3.63) is 63.1 Å². The predicted molar refractivity (Wildman–Crippen MR) is 113 cm³/mol. The standard InChI is InChI=1S/C21H23Cl2N3O/c1-13-11-21(2,3)26(4)19-10-18(23)15(9-17(13)19)12-24-25-20(27)14-5-7-16(22)8-6-14/h5-10,12-13H,11H2,1-4H3,(H,25,27)/b24-12-/t13-/m1/s1. The Morgan fingerprint density at radius 1 is 1.26 bits per heavy atom. The van der Waals surface area contributed by atoms with Crippen molar-refractivity contribution in [1.29, 1.82) is 0 Å². The summed E-state index contributed by atoms with van der Waals surface area (Å²) in [5.41, 5.74) is 6.27. The maximum absolute atomic E-state index is 12.1. The highest BCUT2D eigenvalue weighted by molar-refractivity contribution is 6.33. The van der Waals surface area contributed by atoms with E-state index < -0.39 is 0 Å². The second kappa shape index (κ2) is 7.53. The second-order valence-corrected chi connectivity index (χ2v) is 8.46. The van der Waals surface area contributed by atoms with E-state index in [0.717, 1.165) is 17.7 Å². The summed E-state index contributed by atoms with van der Waals surface area (Å²) in [6.07, 6.45) is 2.64. The van der Waals surface area contributed by atoms with Gasteiger partial charge >= 0.3 is 0 Å². The average molecular weight is 404 g/mol. The molecule has 1 aliphatic heterocycles. The van der Waals surface area contributed by atoms with E-state index in [-0.39, 0.29) is 11.4 Å². The highest BCUT2D eigenvalue weighted by Gasteiger charge is 2.34. The Balaban J connectivity index is 1.80. The minimum atomic E-state index is -0.299. The van der Waals surface area contributed by atoms with Crippen LogP contribution in [0.4, 0.5) is 5.69 Å². The molecule has 0 aromatic heterocycles. The third-order valence-electron chi connectivity index (χ3n) is 5.23. The van der Waals surface area contributed by atoms with Crippen molar-refractivity contribution in [2.45, 2.75) is 38.6 Å². The van der Waals surface area contributed by atoms with Crippen LogP contribution in [0.25, 0.3) is 0 Å². The number of amides is 1. The zero-order valence-corrected chi connectivity index (χ0v) is 17.4. The number of carbonyl (C=O) groups is 1. The summed E-state index contributed by atoms with van der Waals surface area (Å²) < 4.78 is 0. The van der Waals surface area contributed by atoms with Crippen molar-refractivity contribution in [3.8, 4) is 0 Å². The number of nitrogens with zero attached hydrogens (tertiary/aromatic N) is 2. The summed E-state index contributed by atoms with van der Waals surface area (Å²) in [5, 5.41) is 5.26. The lowest BCUT2D eigenvalue weighted by Crippen LogP contribution is -2.45.